The van der Waals surface area contributed by atoms with Crippen LogP contribution < -0.4 is 15.5 Å². The smallest absolute Gasteiger partial charge is 0.239 e. The third-order valence-corrected chi connectivity index (χ3v) is 5.19. The van der Waals surface area contributed by atoms with Crippen LogP contribution in [-0.2, 0) is 16.0 Å². The van der Waals surface area contributed by atoms with Gasteiger partial charge < -0.3 is 15.5 Å². The van der Waals surface area contributed by atoms with Gasteiger partial charge in [-0.2, -0.15) is 0 Å². The summed E-state index contributed by atoms with van der Waals surface area (Å²) in [5.41, 5.74) is 9.15. The van der Waals surface area contributed by atoms with Crippen LogP contribution in [-0.4, -0.2) is 24.9 Å². The zero-order valence-electron chi connectivity index (χ0n) is 14.7. The van der Waals surface area contributed by atoms with Gasteiger partial charge in [0.1, 0.15) is 11.7 Å². The standard InChI is InChI=1S/C20H20FN3O2.ClH/c21-13-6-8-14(9-7-13)23-12-10-16(19(23)25)20(26)24-11-2-3-15-17(22)4-1-5-18(15)24;/h1,4-9,16H,2-3,10-12,22H2;1H. The van der Waals surface area contributed by atoms with Gasteiger partial charge in [-0.05, 0) is 61.2 Å². The van der Waals surface area contributed by atoms with Crippen LogP contribution >= 0.6 is 12.4 Å². The molecule has 0 bridgehead atoms. The van der Waals surface area contributed by atoms with Crippen LogP contribution in [0.5, 0.6) is 0 Å². The number of halogens is 2. The van der Waals surface area contributed by atoms with E-state index in [0.717, 1.165) is 24.1 Å². The van der Waals surface area contributed by atoms with Crippen LogP contribution in [0.3, 0.4) is 0 Å². The van der Waals surface area contributed by atoms with Gasteiger partial charge in [-0.15, -0.1) is 12.4 Å². The molecule has 27 heavy (non-hydrogen) atoms. The summed E-state index contributed by atoms with van der Waals surface area (Å²) in [6.07, 6.45) is 2.13. The van der Waals surface area contributed by atoms with Gasteiger partial charge in [0.15, 0.2) is 0 Å². The lowest BCUT2D eigenvalue weighted by molar-refractivity contribution is -0.130. The lowest BCUT2D eigenvalue weighted by Gasteiger charge is -2.31. The van der Waals surface area contributed by atoms with Crippen molar-refractivity contribution in [1.82, 2.24) is 0 Å². The van der Waals surface area contributed by atoms with E-state index in [0.29, 0.717) is 30.9 Å². The van der Waals surface area contributed by atoms with Crippen molar-refractivity contribution in [2.75, 3.05) is 28.6 Å². The van der Waals surface area contributed by atoms with Crippen molar-refractivity contribution in [3.05, 3.63) is 53.8 Å². The van der Waals surface area contributed by atoms with Crippen molar-refractivity contribution in [2.24, 2.45) is 5.92 Å². The number of hydrogen-bond donors (Lipinski definition) is 1. The number of hydrogen-bond acceptors (Lipinski definition) is 3. The molecule has 2 aliphatic heterocycles. The Morgan fingerprint density at radius 2 is 1.85 bits per heavy atom. The predicted octanol–water partition coefficient (Wildman–Crippen LogP) is 3.16. The molecule has 1 fully saturated rings. The first-order valence-electron chi connectivity index (χ1n) is 8.82. The van der Waals surface area contributed by atoms with Crippen molar-refractivity contribution in [3.63, 3.8) is 0 Å². The van der Waals surface area contributed by atoms with Gasteiger partial charge in [0, 0.05) is 30.2 Å². The molecule has 2 aromatic carbocycles. The highest BCUT2D eigenvalue weighted by atomic mass is 35.5. The molecule has 4 rings (SSSR count). The normalized spacial score (nSPS) is 18.9. The Morgan fingerprint density at radius 1 is 1.11 bits per heavy atom. The first-order chi connectivity index (χ1) is 12.6. The van der Waals surface area contributed by atoms with Crippen LogP contribution in [0.4, 0.5) is 21.5 Å². The highest BCUT2D eigenvalue weighted by molar-refractivity contribution is 6.14. The van der Waals surface area contributed by atoms with E-state index in [1.165, 1.54) is 12.1 Å². The molecule has 2 N–H and O–H groups in total. The van der Waals surface area contributed by atoms with Crippen molar-refractivity contribution in [1.29, 1.82) is 0 Å². The van der Waals surface area contributed by atoms with E-state index in [4.69, 9.17) is 5.73 Å². The Bertz CT molecular complexity index is 872. The SMILES string of the molecule is Cl.Nc1cccc2c1CCCN2C(=O)C1CCN(c2ccc(F)cc2)C1=O. The summed E-state index contributed by atoms with van der Waals surface area (Å²) in [6, 6.07) is 11.3. The molecule has 0 aliphatic carbocycles. The molecular weight excluding hydrogens is 369 g/mol. The lowest BCUT2D eigenvalue weighted by atomic mass is 9.97. The molecule has 0 radical (unpaired) electrons. The maximum atomic E-state index is 13.1. The van der Waals surface area contributed by atoms with Crippen LogP contribution in [0, 0.1) is 11.7 Å². The molecule has 2 aromatic rings. The Hall–Kier alpha value is -2.60. The maximum Gasteiger partial charge on any atom is 0.239 e. The Kier molecular flexibility index (Phi) is 5.37. The van der Waals surface area contributed by atoms with Crippen molar-refractivity contribution in [2.45, 2.75) is 19.3 Å². The van der Waals surface area contributed by atoms with E-state index in [2.05, 4.69) is 0 Å². The number of nitrogens with two attached hydrogens (primary N) is 1. The summed E-state index contributed by atoms with van der Waals surface area (Å²) >= 11 is 0. The molecule has 2 aliphatic rings. The topological polar surface area (TPSA) is 66.6 Å². The third-order valence-electron chi connectivity index (χ3n) is 5.19. The third kappa shape index (κ3) is 3.37. The van der Waals surface area contributed by atoms with Crippen LogP contribution in [0.2, 0.25) is 0 Å². The minimum absolute atomic E-state index is 0. The fourth-order valence-corrected chi connectivity index (χ4v) is 3.86. The summed E-state index contributed by atoms with van der Waals surface area (Å²) in [6.45, 7) is 1.05. The first kappa shape index (κ1) is 19.2. The van der Waals surface area contributed by atoms with E-state index in [1.807, 2.05) is 18.2 Å². The Labute approximate surface area is 163 Å². The van der Waals surface area contributed by atoms with E-state index >= 15 is 0 Å². The number of nitrogen functional groups attached to an aromatic ring is 1. The molecule has 1 saturated heterocycles. The quantitative estimate of drug-likeness (QED) is 0.633. The molecule has 0 spiro atoms. The first-order valence-corrected chi connectivity index (χ1v) is 8.82. The summed E-state index contributed by atoms with van der Waals surface area (Å²) in [5.74, 6) is -1.45. The summed E-state index contributed by atoms with van der Waals surface area (Å²) in [7, 11) is 0. The number of rotatable bonds is 2. The second kappa shape index (κ2) is 7.56. The molecule has 5 nitrogen and oxygen atoms in total. The van der Waals surface area contributed by atoms with Gasteiger partial charge in [0.05, 0.1) is 0 Å². The largest absolute Gasteiger partial charge is 0.398 e. The van der Waals surface area contributed by atoms with E-state index in [9.17, 15) is 14.0 Å². The van der Waals surface area contributed by atoms with Crippen molar-refractivity contribution < 1.29 is 14.0 Å². The number of benzene rings is 2. The highest BCUT2D eigenvalue weighted by Gasteiger charge is 2.41. The van der Waals surface area contributed by atoms with Crippen molar-refractivity contribution >= 4 is 41.3 Å². The molecule has 142 valence electrons. The predicted molar refractivity (Wildman–Crippen MR) is 106 cm³/mol. The average molecular weight is 390 g/mol. The highest BCUT2D eigenvalue weighted by Crippen LogP contribution is 2.34. The molecule has 1 unspecified atom stereocenters. The lowest BCUT2D eigenvalue weighted by Crippen LogP contribution is -2.42. The maximum absolute atomic E-state index is 13.1. The average Bonchev–Trinajstić information content (AvgIpc) is 3.03. The van der Waals surface area contributed by atoms with Gasteiger partial charge in [-0.3, -0.25) is 9.59 Å². The Morgan fingerprint density at radius 3 is 2.59 bits per heavy atom. The van der Waals surface area contributed by atoms with Gasteiger partial charge in [0.2, 0.25) is 11.8 Å². The minimum Gasteiger partial charge on any atom is -0.398 e. The fourth-order valence-electron chi connectivity index (χ4n) is 3.86. The molecule has 1 atom stereocenters. The second-order valence-electron chi connectivity index (χ2n) is 6.75. The number of amides is 2. The van der Waals surface area contributed by atoms with Crippen LogP contribution in [0.25, 0.3) is 0 Å². The molecule has 0 saturated carbocycles. The van der Waals surface area contributed by atoms with E-state index in [1.54, 1.807) is 21.9 Å². The monoisotopic (exact) mass is 389 g/mol. The second-order valence-corrected chi connectivity index (χ2v) is 6.75. The fraction of sp³-hybridized carbons (Fsp3) is 0.300. The number of nitrogens with zero attached hydrogens (tertiary/aromatic N) is 2. The zero-order valence-corrected chi connectivity index (χ0v) is 15.5. The van der Waals surface area contributed by atoms with E-state index < -0.39 is 5.92 Å². The van der Waals surface area contributed by atoms with E-state index in [-0.39, 0.29) is 30.0 Å². The Balaban J connectivity index is 0.00000210. The van der Waals surface area contributed by atoms with Crippen LogP contribution in [0.15, 0.2) is 42.5 Å². The van der Waals surface area contributed by atoms with Gasteiger partial charge in [0.25, 0.3) is 0 Å². The summed E-state index contributed by atoms with van der Waals surface area (Å²) in [5, 5.41) is 0. The number of carbonyl (C=O) groups is 2. The summed E-state index contributed by atoms with van der Waals surface area (Å²) < 4.78 is 13.1. The van der Waals surface area contributed by atoms with Gasteiger partial charge >= 0.3 is 0 Å². The molecular formula is C20H21ClFN3O2. The number of carbonyl (C=O) groups excluding carboxylic acids is 2. The number of anilines is 3. The van der Waals surface area contributed by atoms with Crippen molar-refractivity contribution in [3.8, 4) is 0 Å². The van der Waals surface area contributed by atoms with Gasteiger partial charge in [-0.25, -0.2) is 4.39 Å². The minimum atomic E-state index is -0.701. The summed E-state index contributed by atoms with van der Waals surface area (Å²) in [4.78, 5) is 29.2. The van der Waals surface area contributed by atoms with Gasteiger partial charge in [-0.1, -0.05) is 6.07 Å². The number of fused-ring (bicyclic) bond motifs is 1. The molecule has 0 aromatic heterocycles. The molecule has 7 heteroatoms. The molecule has 2 heterocycles. The molecule has 2 amide bonds. The zero-order chi connectivity index (χ0) is 18.3. The van der Waals surface area contributed by atoms with Crippen LogP contribution in [0.1, 0.15) is 18.4 Å².